The number of hydrogen-bond donors (Lipinski definition) is 3. The Morgan fingerprint density at radius 2 is 1.66 bits per heavy atom. The van der Waals surface area contributed by atoms with E-state index in [1.165, 1.54) is 0 Å². The van der Waals surface area contributed by atoms with Crippen molar-refractivity contribution in [2.45, 2.75) is 19.4 Å². The second-order valence-corrected chi connectivity index (χ2v) is 7.41. The number of benzene rings is 2. The third-order valence-electron chi connectivity index (χ3n) is 4.96. The van der Waals surface area contributed by atoms with Gasteiger partial charge < -0.3 is 20.3 Å². The molecule has 32 heavy (non-hydrogen) atoms. The van der Waals surface area contributed by atoms with Gasteiger partial charge in [0.15, 0.2) is 6.61 Å². The van der Waals surface area contributed by atoms with Gasteiger partial charge in [-0.2, -0.15) is 0 Å². The van der Waals surface area contributed by atoms with Crippen molar-refractivity contribution in [3.05, 3.63) is 66.2 Å². The average Bonchev–Trinajstić information content (AvgIpc) is 2.82. The molecule has 2 aromatic carbocycles. The number of esters is 1. The maximum atomic E-state index is 12.4. The lowest BCUT2D eigenvalue weighted by Gasteiger charge is -2.31. The fourth-order valence-electron chi connectivity index (χ4n) is 3.32. The van der Waals surface area contributed by atoms with Crippen molar-refractivity contribution in [3.63, 3.8) is 0 Å². The Hall–Kier alpha value is -3.88. The van der Waals surface area contributed by atoms with Gasteiger partial charge in [0.2, 0.25) is 0 Å². The molecule has 3 N–H and O–H groups in total. The molecule has 0 spiro atoms. The molecular formula is C23H26N4O5. The number of nitrogens with one attached hydrogen (secondary N) is 3. The van der Waals surface area contributed by atoms with Crippen molar-refractivity contribution in [1.82, 2.24) is 15.5 Å². The number of ether oxygens (including phenoxy) is 1. The zero-order valence-electron chi connectivity index (χ0n) is 17.6. The molecule has 5 amide bonds. The Morgan fingerprint density at radius 1 is 0.969 bits per heavy atom. The van der Waals surface area contributed by atoms with E-state index >= 15 is 0 Å². The number of amides is 5. The van der Waals surface area contributed by atoms with Gasteiger partial charge in [-0.3, -0.25) is 14.9 Å². The Balaban J connectivity index is 1.38. The molecule has 9 heteroatoms. The smallest absolute Gasteiger partial charge is 0.321 e. The molecule has 1 atom stereocenters. The molecule has 1 saturated heterocycles. The predicted molar refractivity (Wildman–Crippen MR) is 118 cm³/mol. The Bertz CT molecular complexity index is 936. The minimum absolute atomic E-state index is 0.205. The third kappa shape index (κ3) is 7.12. The van der Waals surface area contributed by atoms with E-state index in [-0.39, 0.29) is 19.1 Å². The van der Waals surface area contributed by atoms with Crippen LogP contribution in [0.1, 0.15) is 18.4 Å². The van der Waals surface area contributed by atoms with Gasteiger partial charge in [0.25, 0.3) is 5.91 Å². The van der Waals surface area contributed by atoms with E-state index < -0.39 is 30.4 Å². The predicted octanol–water partition coefficient (Wildman–Crippen LogP) is 2.50. The van der Waals surface area contributed by atoms with E-state index in [9.17, 15) is 19.2 Å². The van der Waals surface area contributed by atoms with Crippen LogP contribution in [0.4, 0.5) is 15.3 Å². The maximum absolute atomic E-state index is 12.4. The van der Waals surface area contributed by atoms with Gasteiger partial charge in [-0.05, 0) is 30.5 Å². The van der Waals surface area contributed by atoms with Gasteiger partial charge in [0.1, 0.15) is 0 Å². The number of rotatable bonds is 6. The van der Waals surface area contributed by atoms with Gasteiger partial charge in [-0.15, -0.1) is 0 Å². The van der Waals surface area contributed by atoms with Gasteiger partial charge in [0.05, 0.1) is 5.92 Å². The minimum atomic E-state index is -0.724. The van der Waals surface area contributed by atoms with Crippen LogP contribution in [-0.2, 0) is 20.9 Å². The monoisotopic (exact) mass is 438 g/mol. The molecule has 9 nitrogen and oxygen atoms in total. The molecule has 1 heterocycles. The van der Waals surface area contributed by atoms with Crippen LogP contribution in [0, 0.1) is 5.92 Å². The second-order valence-electron chi connectivity index (χ2n) is 7.41. The van der Waals surface area contributed by atoms with Crippen LogP contribution in [0.5, 0.6) is 0 Å². The standard InChI is InChI=1S/C23H26N4O5/c28-20(26-22(30)24-14-17-8-3-1-4-9-17)16-32-21(29)18-10-7-13-27(15-18)23(31)25-19-11-5-2-6-12-19/h1-6,8-9,11-12,18H,7,10,13-16H2,(H,25,31)(H2,24,26,28,30). The molecule has 0 saturated carbocycles. The summed E-state index contributed by atoms with van der Waals surface area (Å²) in [5.41, 5.74) is 1.56. The van der Waals surface area contributed by atoms with Crippen molar-refractivity contribution in [3.8, 4) is 0 Å². The summed E-state index contributed by atoms with van der Waals surface area (Å²) in [4.78, 5) is 50.1. The molecule has 1 fully saturated rings. The van der Waals surface area contributed by atoms with Crippen LogP contribution in [-0.4, -0.2) is 48.5 Å². The normalized spacial score (nSPS) is 15.4. The van der Waals surface area contributed by atoms with E-state index in [2.05, 4.69) is 16.0 Å². The van der Waals surface area contributed by atoms with Crippen LogP contribution in [0.15, 0.2) is 60.7 Å². The van der Waals surface area contributed by atoms with Crippen LogP contribution in [0.2, 0.25) is 0 Å². The molecule has 1 aliphatic heterocycles. The van der Waals surface area contributed by atoms with Crippen LogP contribution in [0.25, 0.3) is 0 Å². The van der Waals surface area contributed by atoms with Gasteiger partial charge in [-0.25, -0.2) is 9.59 Å². The number of imide groups is 1. The van der Waals surface area contributed by atoms with E-state index in [0.717, 1.165) is 5.56 Å². The number of nitrogens with zero attached hydrogens (tertiary/aromatic N) is 1. The lowest BCUT2D eigenvalue weighted by molar-refractivity contribution is -0.153. The average molecular weight is 438 g/mol. The van der Waals surface area contributed by atoms with Crippen molar-refractivity contribution >= 4 is 29.6 Å². The van der Waals surface area contributed by atoms with Crippen molar-refractivity contribution < 1.29 is 23.9 Å². The zero-order chi connectivity index (χ0) is 22.8. The zero-order valence-corrected chi connectivity index (χ0v) is 17.6. The van der Waals surface area contributed by atoms with Crippen molar-refractivity contribution in [1.29, 1.82) is 0 Å². The number of likely N-dealkylation sites (tertiary alicyclic amines) is 1. The molecule has 0 aliphatic carbocycles. The molecule has 168 valence electrons. The molecule has 1 unspecified atom stereocenters. The lowest BCUT2D eigenvalue weighted by Crippen LogP contribution is -2.45. The Morgan fingerprint density at radius 3 is 2.38 bits per heavy atom. The van der Waals surface area contributed by atoms with Crippen molar-refractivity contribution in [2.24, 2.45) is 5.92 Å². The largest absolute Gasteiger partial charge is 0.455 e. The van der Waals surface area contributed by atoms with Crippen LogP contribution < -0.4 is 16.0 Å². The molecule has 0 bridgehead atoms. The summed E-state index contributed by atoms with van der Waals surface area (Å²) in [5.74, 6) is -1.81. The molecule has 1 aliphatic rings. The second kappa shape index (κ2) is 11.5. The van der Waals surface area contributed by atoms with Crippen LogP contribution in [0.3, 0.4) is 0 Å². The minimum Gasteiger partial charge on any atom is -0.455 e. The lowest BCUT2D eigenvalue weighted by atomic mass is 9.98. The summed E-state index contributed by atoms with van der Waals surface area (Å²) in [7, 11) is 0. The highest BCUT2D eigenvalue weighted by atomic mass is 16.5. The third-order valence-corrected chi connectivity index (χ3v) is 4.96. The SMILES string of the molecule is O=C(COC(=O)C1CCCN(C(=O)Nc2ccccc2)C1)NC(=O)NCc1ccccc1. The summed E-state index contributed by atoms with van der Waals surface area (Å²) in [6.07, 6.45) is 1.21. The van der Waals surface area contributed by atoms with E-state index in [0.29, 0.717) is 25.1 Å². The summed E-state index contributed by atoms with van der Waals surface area (Å²) in [5, 5.41) is 7.47. The van der Waals surface area contributed by atoms with Crippen molar-refractivity contribution in [2.75, 3.05) is 25.0 Å². The van der Waals surface area contributed by atoms with Crippen LogP contribution >= 0.6 is 0 Å². The number of urea groups is 2. The Kier molecular flexibility index (Phi) is 8.19. The van der Waals surface area contributed by atoms with E-state index in [1.807, 2.05) is 48.5 Å². The Labute approximate surface area is 186 Å². The van der Waals surface area contributed by atoms with Gasteiger partial charge >= 0.3 is 18.0 Å². The number of para-hydroxylation sites is 1. The number of carbonyl (C=O) groups is 4. The topological polar surface area (TPSA) is 117 Å². The first-order valence-corrected chi connectivity index (χ1v) is 10.4. The highest BCUT2D eigenvalue weighted by Gasteiger charge is 2.30. The fraction of sp³-hybridized carbons (Fsp3) is 0.304. The quantitative estimate of drug-likeness (QED) is 0.599. The number of carbonyl (C=O) groups excluding carboxylic acids is 4. The molecular weight excluding hydrogens is 412 g/mol. The number of hydrogen-bond acceptors (Lipinski definition) is 5. The highest BCUT2D eigenvalue weighted by molar-refractivity contribution is 5.95. The van der Waals surface area contributed by atoms with Gasteiger partial charge in [-0.1, -0.05) is 48.5 Å². The number of anilines is 1. The first-order valence-electron chi connectivity index (χ1n) is 10.4. The maximum Gasteiger partial charge on any atom is 0.321 e. The summed E-state index contributed by atoms with van der Waals surface area (Å²) in [6.45, 7) is 0.439. The summed E-state index contributed by atoms with van der Waals surface area (Å²) in [6, 6.07) is 17.3. The first kappa shape index (κ1) is 22.8. The number of piperidine rings is 1. The highest BCUT2D eigenvalue weighted by Crippen LogP contribution is 2.19. The van der Waals surface area contributed by atoms with Gasteiger partial charge in [0, 0.05) is 25.3 Å². The fourth-order valence-corrected chi connectivity index (χ4v) is 3.32. The molecule has 3 rings (SSSR count). The summed E-state index contributed by atoms with van der Waals surface area (Å²) < 4.78 is 5.06. The molecule has 0 radical (unpaired) electrons. The van der Waals surface area contributed by atoms with E-state index in [4.69, 9.17) is 4.74 Å². The molecule has 2 aromatic rings. The summed E-state index contributed by atoms with van der Waals surface area (Å²) >= 11 is 0. The first-order chi connectivity index (χ1) is 15.5. The molecule has 0 aromatic heterocycles. The van der Waals surface area contributed by atoms with E-state index in [1.54, 1.807) is 17.0 Å².